The van der Waals surface area contributed by atoms with Crippen molar-refractivity contribution in [2.75, 3.05) is 16.8 Å². The molecule has 1 aliphatic rings. The summed E-state index contributed by atoms with van der Waals surface area (Å²) < 4.78 is 42.7. The predicted octanol–water partition coefficient (Wildman–Crippen LogP) is 5.21. The maximum atomic E-state index is 13.7. The highest BCUT2D eigenvalue weighted by Gasteiger charge is 2.40. The van der Waals surface area contributed by atoms with Gasteiger partial charge in [0, 0.05) is 24.7 Å². The van der Waals surface area contributed by atoms with E-state index in [9.17, 15) is 23.1 Å². The second-order valence-electron chi connectivity index (χ2n) is 9.10. The Labute approximate surface area is 216 Å². The van der Waals surface area contributed by atoms with Crippen LogP contribution in [-0.4, -0.2) is 37.3 Å². The Morgan fingerprint density at radius 1 is 1.11 bits per heavy atom. The number of amides is 1. The summed E-state index contributed by atoms with van der Waals surface area (Å²) >= 11 is 0. The minimum Gasteiger partial charge on any atom is -0.389 e. The molecule has 11 heteroatoms. The number of aliphatic hydroxyl groups excluding tert-OH is 1. The minimum absolute atomic E-state index is 0.0121. The van der Waals surface area contributed by atoms with Crippen LogP contribution < -0.4 is 10.2 Å². The number of halogens is 3. The summed E-state index contributed by atoms with van der Waals surface area (Å²) in [6, 6.07) is 12.6. The lowest BCUT2D eigenvalue weighted by atomic mass is 9.95. The van der Waals surface area contributed by atoms with Crippen molar-refractivity contribution in [2.45, 2.75) is 32.7 Å². The van der Waals surface area contributed by atoms with E-state index in [1.807, 2.05) is 19.1 Å². The Bertz CT molecular complexity index is 1530. The van der Waals surface area contributed by atoms with Gasteiger partial charge in [-0.1, -0.05) is 18.2 Å². The third-order valence-corrected chi connectivity index (χ3v) is 6.51. The normalized spacial score (nSPS) is 14.1. The van der Waals surface area contributed by atoms with E-state index in [-0.39, 0.29) is 23.5 Å². The molecule has 0 saturated carbocycles. The minimum atomic E-state index is -4.58. The van der Waals surface area contributed by atoms with Crippen molar-refractivity contribution in [2.24, 2.45) is 7.05 Å². The molecular formula is C27H25F3N6O2. The van der Waals surface area contributed by atoms with Gasteiger partial charge in [0.1, 0.15) is 18.0 Å². The van der Waals surface area contributed by atoms with E-state index in [1.165, 1.54) is 17.0 Å². The smallest absolute Gasteiger partial charge is 0.389 e. The Morgan fingerprint density at radius 3 is 2.55 bits per heavy atom. The van der Waals surface area contributed by atoms with E-state index in [0.29, 0.717) is 34.9 Å². The first kappa shape index (κ1) is 25.4. The molecule has 3 heterocycles. The number of aliphatic hydroxyl groups is 1. The van der Waals surface area contributed by atoms with E-state index in [0.717, 1.165) is 11.6 Å². The number of hydrogen-bond acceptors (Lipinski definition) is 6. The highest BCUT2D eigenvalue weighted by Crippen LogP contribution is 2.40. The summed E-state index contributed by atoms with van der Waals surface area (Å²) in [6.07, 6.45) is -3.73. The Morgan fingerprint density at radius 2 is 1.89 bits per heavy atom. The number of carbonyl (C=O) groups excluding carboxylic acids is 1. The zero-order valence-electron chi connectivity index (χ0n) is 20.9. The SMILES string of the molecule is CCNc1cc(-c2ccc([C@H](C)O)cc2-c2nncn2C)cc(N2Cc3c(cccc3C(F)(F)F)C2=O)n1. The molecule has 0 spiro atoms. The number of pyridine rings is 1. The van der Waals surface area contributed by atoms with Gasteiger partial charge in [-0.2, -0.15) is 13.2 Å². The van der Waals surface area contributed by atoms with Crippen LogP contribution in [0.4, 0.5) is 24.8 Å². The zero-order valence-corrected chi connectivity index (χ0v) is 20.9. The Balaban J connectivity index is 1.65. The lowest BCUT2D eigenvalue weighted by molar-refractivity contribution is -0.138. The van der Waals surface area contributed by atoms with Gasteiger partial charge in [-0.3, -0.25) is 9.69 Å². The van der Waals surface area contributed by atoms with Crippen molar-refractivity contribution in [3.63, 3.8) is 0 Å². The Kier molecular flexibility index (Phi) is 6.39. The fourth-order valence-electron chi connectivity index (χ4n) is 4.65. The van der Waals surface area contributed by atoms with Crippen molar-refractivity contribution >= 4 is 17.5 Å². The predicted molar refractivity (Wildman–Crippen MR) is 136 cm³/mol. The van der Waals surface area contributed by atoms with Gasteiger partial charge in [-0.15, -0.1) is 10.2 Å². The van der Waals surface area contributed by atoms with Gasteiger partial charge in [-0.05, 0) is 66.4 Å². The van der Waals surface area contributed by atoms with E-state index in [1.54, 1.807) is 43.1 Å². The number of nitrogens with one attached hydrogen (secondary N) is 1. The average Bonchev–Trinajstić information content (AvgIpc) is 3.46. The molecule has 0 unspecified atom stereocenters. The molecule has 4 aromatic rings. The monoisotopic (exact) mass is 522 g/mol. The van der Waals surface area contributed by atoms with Gasteiger partial charge >= 0.3 is 6.18 Å². The number of fused-ring (bicyclic) bond motifs is 1. The van der Waals surface area contributed by atoms with Gasteiger partial charge in [-0.25, -0.2) is 4.98 Å². The van der Waals surface area contributed by atoms with E-state index < -0.39 is 23.8 Å². The van der Waals surface area contributed by atoms with Crippen molar-refractivity contribution in [3.8, 4) is 22.5 Å². The summed E-state index contributed by atoms with van der Waals surface area (Å²) in [5.41, 5.74) is 1.89. The lowest BCUT2D eigenvalue weighted by Gasteiger charge is -2.19. The van der Waals surface area contributed by atoms with Gasteiger partial charge < -0.3 is 15.0 Å². The number of anilines is 2. The maximum Gasteiger partial charge on any atom is 0.416 e. The van der Waals surface area contributed by atoms with Crippen LogP contribution in [0.1, 0.15) is 47.0 Å². The quantitative estimate of drug-likeness (QED) is 0.361. The number of nitrogens with zero attached hydrogens (tertiary/aromatic N) is 5. The summed E-state index contributed by atoms with van der Waals surface area (Å²) in [7, 11) is 1.80. The first-order chi connectivity index (χ1) is 18.1. The van der Waals surface area contributed by atoms with Crippen molar-refractivity contribution in [1.82, 2.24) is 19.7 Å². The van der Waals surface area contributed by atoms with Crippen LogP contribution >= 0.6 is 0 Å². The molecule has 0 radical (unpaired) electrons. The van der Waals surface area contributed by atoms with Crippen molar-refractivity contribution < 1.29 is 23.1 Å². The second kappa shape index (κ2) is 9.56. The first-order valence-corrected chi connectivity index (χ1v) is 12.0. The number of carbonyl (C=O) groups is 1. The fraction of sp³-hybridized carbons (Fsp3) is 0.259. The topological polar surface area (TPSA) is 96.2 Å². The average molecular weight is 523 g/mol. The van der Waals surface area contributed by atoms with Crippen LogP contribution in [0.5, 0.6) is 0 Å². The molecular weight excluding hydrogens is 497 g/mol. The summed E-state index contributed by atoms with van der Waals surface area (Å²) in [5, 5.41) is 21.5. The van der Waals surface area contributed by atoms with E-state index in [2.05, 4.69) is 20.5 Å². The van der Waals surface area contributed by atoms with Gasteiger partial charge in [0.25, 0.3) is 5.91 Å². The molecule has 2 N–H and O–H groups in total. The molecule has 0 fully saturated rings. The van der Waals surface area contributed by atoms with Crippen LogP contribution in [0, 0.1) is 0 Å². The number of aryl methyl sites for hydroxylation is 1. The molecule has 1 atom stereocenters. The highest BCUT2D eigenvalue weighted by molar-refractivity contribution is 6.10. The van der Waals surface area contributed by atoms with Crippen LogP contribution in [0.2, 0.25) is 0 Å². The van der Waals surface area contributed by atoms with Gasteiger partial charge in [0.05, 0.1) is 18.2 Å². The number of benzene rings is 2. The number of alkyl halides is 3. The van der Waals surface area contributed by atoms with Crippen LogP contribution in [0.15, 0.2) is 54.9 Å². The van der Waals surface area contributed by atoms with Gasteiger partial charge in [0.2, 0.25) is 0 Å². The standard InChI is InChI=1S/C27H25F3N6O2/c1-4-31-23-11-17(18-9-8-16(15(2)37)10-20(18)25-34-32-14-35(25)3)12-24(33-23)36-13-21-19(26(36)38)6-5-7-22(21)27(28,29)30/h5-12,14-15,37H,4,13H2,1-3H3,(H,31,33)/t15-/m0/s1. The van der Waals surface area contributed by atoms with Crippen LogP contribution in [0.3, 0.4) is 0 Å². The molecule has 0 aliphatic carbocycles. The summed E-state index contributed by atoms with van der Waals surface area (Å²) in [6.45, 7) is 3.85. The molecule has 0 saturated heterocycles. The molecule has 2 aromatic heterocycles. The number of rotatable bonds is 6. The Hall–Kier alpha value is -4.25. The van der Waals surface area contributed by atoms with Crippen LogP contribution in [-0.2, 0) is 19.8 Å². The summed E-state index contributed by atoms with van der Waals surface area (Å²) in [4.78, 5) is 19.1. The zero-order chi connectivity index (χ0) is 27.2. The molecule has 0 bridgehead atoms. The highest BCUT2D eigenvalue weighted by atomic mass is 19.4. The van der Waals surface area contributed by atoms with Crippen molar-refractivity contribution in [3.05, 3.63) is 77.1 Å². The molecule has 196 valence electrons. The second-order valence-corrected chi connectivity index (χ2v) is 9.10. The molecule has 1 aliphatic heterocycles. The molecule has 38 heavy (non-hydrogen) atoms. The number of aromatic nitrogens is 4. The van der Waals surface area contributed by atoms with E-state index >= 15 is 0 Å². The fourth-order valence-corrected chi connectivity index (χ4v) is 4.65. The van der Waals surface area contributed by atoms with Crippen LogP contribution in [0.25, 0.3) is 22.5 Å². The molecule has 1 amide bonds. The molecule has 5 rings (SSSR count). The first-order valence-electron chi connectivity index (χ1n) is 12.0. The van der Waals surface area contributed by atoms with E-state index in [4.69, 9.17) is 0 Å². The molecule has 2 aromatic carbocycles. The third-order valence-electron chi connectivity index (χ3n) is 6.51. The van der Waals surface area contributed by atoms with Crippen molar-refractivity contribution in [1.29, 1.82) is 0 Å². The summed E-state index contributed by atoms with van der Waals surface area (Å²) in [5.74, 6) is 0.695. The lowest BCUT2D eigenvalue weighted by Crippen LogP contribution is -2.24. The number of hydrogen-bond donors (Lipinski definition) is 2. The third kappa shape index (κ3) is 4.49. The molecule has 8 nitrogen and oxygen atoms in total. The van der Waals surface area contributed by atoms with Gasteiger partial charge in [0.15, 0.2) is 5.82 Å². The maximum absolute atomic E-state index is 13.7. The largest absolute Gasteiger partial charge is 0.416 e.